The molecule has 3 rings (SSSR count). The SMILES string of the molecule is Cl.Cn1nnc2cc(C(=O)N[C@H]3CCCNC3)ccc21. The molecule has 1 aromatic carbocycles. The first kappa shape index (κ1) is 14.7. The van der Waals surface area contributed by atoms with Gasteiger partial charge in [-0.3, -0.25) is 4.79 Å². The molecule has 0 bridgehead atoms. The lowest BCUT2D eigenvalue weighted by Crippen LogP contribution is -2.45. The Morgan fingerprint density at radius 3 is 3.10 bits per heavy atom. The molecule has 0 saturated carbocycles. The van der Waals surface area contributed by atoms with Crippen LogP contribution < -0.4 is 10.6 Å². The van der Waals surface area contributed by atoms with Gasteiger partial charge in [0.05, 0.1) is 5.52 Å². The monoisotopic (exact) mass is 295 g/mol. The van der Waals surface area contributed by atoms with Crippen LogP contribution in [0, 0.1) is 0 Å². The highest BCUT2D eigenvalue weighted by Crippen LogP contribution is 2.13. The summed E-state index contributed by atoms with van der Waals surface area (Å²) in [4.78, 5) is 12.2. The molecule has 1 fully saturated rings. The number of nitrogens with zero attached hydrogens (tertiary/aromatic N) is 3. The van der Waals surface area contributed by atoms with Crippen LogP contribution in [0.4, 0.5) is 0 Å². The van der Waals surface area contributed by atoms with Gasteiger partial charge < -0.3 is 10.6 Å². The summed E-state index contributed by atoms with van der Waals surface area (Å²) >= 11 is 0. The third-order valence-corrected chi connectivity index (χ3v) is 3.50. The summed E-state index contributed by atoms with van der Waals surface area (Å²) in [6, 6.07) is 5.70. The smallest absolute Gasteiger partial charge is 0.251 e. The molecule has 0 radical (unpaired) electrons. The van der Waals surface area contributed by atoms with Crippen molar-refractivity contribution in [3.05, 3.63) is 23.8 Å². The molecule has 1 aliphatic rings. The number of aryl methyl sites for hydroxylation is 1. The zero-order valence-corrected chi connectivity index (χ0v) is 12.1. The number of carbonyl (C=O) groups excluding carboxylic acids is 1. The van der Waals surface area contributed by atoms with Crippen LogP contribution >= 0.6 is 12.4 Å². The largest absolute Gasteiger partial charge is 0.348 e. The van der Waals surface area contributed by atoms with Crippen molar-refractivity contribution in [1.29, 1.82) is 0 Å². The van der Waals surface area contributed by atoms with Crippen molar-refractivity contribution in [2.24, 2.45) is 7.05 Å². The van der Waals surface area contributed by atoms with Gasteiger partial charge in [0.25, 0.3) is 5.91 Å². The molecule has 1 aromatic heterocycles. The second kappa shape index (κ2) is 6.19. The van der Waals surface area contributed by atoms with Gasteiger partial charge in [0.15, 0.2) is 0 Å². The van der Waals surface area contributed by atoms with Crippen molar-refractivity contribution in [3.8, 4) is 0 Å². The highest BCUT2D eigenvalue weighted by atomic mass is 35.5. The van der Waals surface area contributed by atoms with Crippen molar-refractivity contribution in [3.63, 3.8) is 0 Å². The number of rotatable bonds is 2. The van der Waals surface area contributed by atoms with Crippen LogP contribution in [0.25, 0.3) is 11.0 Å². The molecule has 1 saturated heterocycles. The lowest BCUT2D eigenvalue weighted by Gasteiger charge is -2.23. The van der Waals surface area contributed by atoms with Crippen LogP contribution in [-0.2, 0) is 7.05 Å². The van der Waals surface area contributed by atoms with Crippen LogP contribution in [-0.4, -0.2) is 40.0 Å². The zero-order chi connectivity index (χ0) is 13.2. The number of hydrogen-bond acceptors (Lipinski definition) is 4. The van der Waals surface area contributed by atoms with Crippen LogP contribution in [0.1, 0.15) is 23.2 Å². The highest BCUT2D eigenvalue weighted by Gasteiger charge is 2.16. The van der Waals surface area contributed by atoms with E-state index in [9.17, 15) is 4.79 Å². The Balaban J connectivity index is 0.00000147. The summed E-state index contributed by atoms with van der Waals surface area (Å²) in [6.45, 7) is 1.89. The number of benzene rings is 1. The van der Waals surface area contributed by atoms with Gasteiger partial charge >= 0.3 is 0 Å². The highest BCUT2D eigenvalue weighted by molar-refractivity contribution is 5.97. The van der Waals surface area contributed by atoms with Gasteiger partial charge in [0, 0.05) is 25.2 Å². The van der Waals surface area contributed by atoms with Gasteiger partial charge in [-0.2, -0.15) is 0 Å². The van der Waals surface area contributed by atoms with Crippen LogP contribution in [0.3, 0.4) is 0 Å². The minimum atomic E-state index is -0.0405. The number of piperidine rings is 1. The topological polar surface area (TPSA) is 71.8 Å². The predicted octanol–water partition coefficient (Wildman–Crippen LogP) is 0.872. The van der Waals surface area contributed by atoms with Gasteiger partial charge in [-0.25, -0.2) is 4.68 Å². The first-order chi connectivity index (χ1) is 9.24. The van der Waals surface area contributed by atoms with Crippen molar-refractivity contribution in [2.75, 3.05) is 13.1 Å². The Labute approximate surface area is 123 Å². The van der Waals surface area contributed by atoms with E-state index >= 15 is 0 Å². The maximum Gasteiger partial charge on any atom is 0.251 e. The Morgan fingerprint density at radius 2 is 2.35 bits per heavy atom. The normalized spacial score (nSPS) is 18.6. The molecule has 1 amide bonds. The molecule has 0 aliphatic carbocycles. The molecule has 2 heterocycles. The van der Waals surface area contributed by atoms with Gasteiger partial charge in [-0.05, 0) is 37.6 Å². The molecule has 6 nitrogen and oxygen atoms in total. The Morgan fingerprint density at radius 1 is 1.50 bits per heavy atom. The Kier molecular flexibility index (Phi) is 4.57. The fraction of sp³-hybridized carbons (Fsp3) is 0.462. The summed E-state index contributed by atoms with van der Waals surface area (Å²) in [6.07, 6.45) is 2.14. The third kappa shape index (κ3) is 2.91. The quantitative estimate of drug-likeness (QED) is 0.862. The van der Waals surface area contributed by atoms with E-state index in [1.165, 1.54) is 0 Å². The Hall–Kier alpha value is -1.66. The Bertz CT molecular complexity index is 606. The number of carbonyl (C=O) groups is 1. The molecular weight excluding hydrogens is 278 g/mol. The standard InChI is InChI=1S/C13H17N5O.ClH/c1-18-12-5-4-9(7-11(12)16-17-18)13(19)15-10-3-2-6-14-8-10;/h4-5,7,10,14H,2-3,6,8H2,1H3,(H,15,19);1H/t10-;/m0./s1. The number of amides is 1. The van der Waals surface area contributed by atoms with E-state index in [1.807, 2.05) is 19.2 Å². The molecule has 1 aliphatic heterocycles. The van der Waals surface area contributed by atoms with Crippen molar-refractivity contribution < 1.29 is 4.79 Å². The van der Waals surface area contributed by atoms with Crippen LogP contribution in [0.5, 0.6) is 0 Å². The van der Waals surface area contributed by atoms with E-state index in [0.29, 0.717) is 5.56 Å². The van der Waals surface area contributed by atoms with E-state index in [1.54, 1.807) is 10.7 Å². The minimum Gasteiger partial charge on any atom is -0.348 e. The van der Waals surface area contributed by atoms with Gasteiger partial charge in [-0.1, -0.05) is 5.21 Å². The van der Waals surface area contributed by atoms with Gasteiger partial charge in [0.2, 0.25) is 0 Å². The third-order valence-electron chi connectivity index (χ3n) is 3.50. The maximum atomic E-state index is 12.2. The first-order valence-electron chi connectivity index (χ1n) is 6.55. The number of fused-ring (bicyclic) bond motifs is 1. The molecular formula is C13H18ClN5O. The molecule has 108 valence electrons. The van der Waals surface area contributed by atoms with Gasteiger partial charge in [-0.15, -0.1) is 17.5 Å². The van der Waals surface area contributed by atoms with Crippen molar-refractivity contribution >= 4 is 29.3 Å². The lowest BCUT2D eigenvalue weighted by atomic mass is 10.1. The first-order valence-corrected chi connectivity index (χ1v) is 6.55. The molecule has 2 aromatic rings. The average Bonchev–Trinajstić information content (AvgIpc) is 2.81. The molecule has 20 heavy (non-hydrogen) atoms. The minimum absolute atomic E-state index is 0. The number of aromatic nitrogens is 3. The summed E-state index contributed by atoms with van der Waals surface area (Å²) < 4.78 is 1.70. The fourth-order valence-electron chi connectivity index (χ4n) is 2.43. The summed E-state index contributed by atoms with van der Waals surface area (Å²) in [7, 11) is 1.84. The lowest BCUT2D eigenvalue weighted by molar-refractivity contribution is 0.0931. The van der Waals surface area contributed by atoms with Crippen LogP contribution in [0.15, 0.2) is 18.2 Å². The second-order valence-electron chi connectivity index (χ2n) is 4.93. The zero-order valence-electron chi connectivity index (χ0n) is 11.3. The van der Waals surface area contributed by atoms with Crippen molar-refractivity contribution in [2.45, 2.75) is 18.9 Å². The van der Waals surface area contributed by atoms with E-state index in [4.69, 9.17) is 0 Å². The molecule has 2 N–H and O–H groups in total. The summed E-state index contributed by atoms with van der Waals surface area (Å²) in [5.41, 5.74) is 2.31. The number of nitrogens with one attached hydrogen (secondary N) is 2. The molecule has 7 heteroatoms. The van der Waals surface area contributed by atoms with Crippen molar-refractivity contribution in [1.82, 2.24) is 25.6 Å². The van der Waals surface area contributed by atoms with E-state index in [-0.39, 0.29) is 24.4 Å². The van der Waals surface area contributed by atoms with E-state index < -0.39 is 0 Å². The van der Waals surface area contributed by atoms with Gasteiger partial charge in [0.1, 0.15) is 5.52 Å². The van der Waals surface area contributed by atoms with E-state index in [0.717, 1.165) is 37.0 Å². The molecule has 0 spiro atoms. The van der Waals surface area contributed by atoms with Crippen LogP contribution in [0.2, 0.25) is 0 Å². The average molecular weight is 296 g/mol. The maximum absolute atomic E-state index is 12.2. The number of hydrogen-bond donors (Lipinski definition) is 2. The fourth-order valence-corrected chi connectivity index (χ4v) is 2.43. The van der Waals surface area contributed by atoms with E-state index in [2.05, 4.69) is 20.9 Å². The molecule has 0 unspecified atom stereocenters. The second-order valence-corrected chi connectivity index (χ2v) is 4.93. The summed E-state index contributed by atoms with van der Waals surface area (Å²) in [5, 5.41) is 14.3. The number of halogens is 1. The predicted molar refractivity (Wildman–Crippen MR) is 79.1 cm³/mol. The molecule has 1 atom stereocenters. The summed E-state index contributed by atoms with van der Waals surface area (Å²) in [5.74, 6) is -0.0405.